The van der Waals surface area contributed by atoms with Crippen molar-refractivity contribution in [3.63, 3.8) is 0 Å². The zero-order valence-electron chi connectivity index (χ0n) is 15.3. The number of nitrogens with one attached hydrogen (secondary N) is 1. The summed E-state index contributed by atoms with van der Waals surface area (Å²) in [6.07, 6.45) is 2.66. The summed E-state index contributed by atoms with van der Waals surface area (Å²) < 4.78 is 5.88. The van der Waals surface area contributed by atoms with Crippen LogP contribution in [0.3, 0.4) is 0 Å². The van der Waals surface area contributed by atoms with Crippen molar-refractivity contribution in [2.45, 2.75) is 19.4 Å². The topological polar surface area (TPSA) is 50.7 Å². The molecular formula is C23H21ClN2O2. The Kier molecular flexibility index (Phi) is 7.21. The molecule has 0 aliphatic rings. The van der Waals surface area contributed by atoms with Crippen molar-refractivity contribution >= 4 is 23.7 Å². The summed E-state index contributed by atoms with van der Waals surface area (Å²) in [6, 6.07) is 25.0. The van der Waals surface area contributed by atoms with E-state index in [2.05, 4.69) is 10.5 Å². The van der Waals surface area contributed by atoms with E-state index in [1.807, 2.05) is 78.9 Å². The van der Waals surface area contributed by atoms with Crippen molar-refractivity contribution in [2.24, 2.45) is 5.10 Å². The number of carbonyl (C=O) groups is 1. The highest BCUT2D eigenvalue weighted by Gasteiger charge is 2.03. The minimum atomic E-state index is -0.127. The average molecular weight is 393 g/mol. The second kappa shape index (κ2) is 10.3. The Bertz CT molecular complexity index is 942. The second-order valence-corrected chi connectivity index (χ2v) is 6.67. The molecule has 0 fully saturated rings. The summed E-state index contributed by atoms with van der Waals surface area (Å²) in [4.78, 5) is 12.0. The Morgan fingerprint density at radius 3 is 2.54 bits per heavy atom. The first kappa shape index (κ1) is 19.6. The van der Waals surface area contributed by atoms with Gasteiger partial charge in [0.15, 0.2) is 0 Å². The number of benzene rings is 3. The zero-order valence-corrected chi connectivity index (χ0v) is 16.1. The van der Waals surface area contributed by atoms with Crippen LogP contribution in [0.15, 0.2) is 84.0 Å². The fourth-order valence-corrected chi connectivity index (χ4v) is 2.85. The van der Waals surface area contributed by atoms with E-state index < -0.39 is 0 Å². The van der Waals surface area contributed by atoms with Crippen LogP contribution in [0.5, 0.6) is 5.75 Å². The van der Waals surface area contributed by atoms with Gasteiger partial charge in [0.2, 0.25) is 5.91 Å². The van der Waals surface area contributed by atoms with Crippen molar-refractivity contribution in [1.29, 1.82) is 0 Å². The van der Waals surface area contributed by atoms with Gasteiger partial charge < -0.3 is 4.74 Å². The molecule has 0 saturated heterocycles. The minimum Gasteiger partial charge on any atom is -0.488 e. The zero-order chi connectivity index (χ0) is 19.6. The molecule has 0 bridgehead atoms. The Balaban J connectivity index is 1.53. The van der Waals surface area contributed by atoms with Crippen LogP contribution in [0.4, 0.5) is 0 Å². The fourth-order valence-electron chi connectivity index (χ4n) is 2.64. The molecule has 0 aliphatic heterocycles. The molecule has 3 aromatic carbocycles. The van der Waals surface area contributed by atoms with E-state index in [0.717, 1.165) is 16.7 Å². The molecule has 4 nitrogen and oxygen atoms in total. The highest BCUT2D eigenvalue weighted by molar-refractivity contribution is 6.30. The highest BCUT2D eigenvalue weighted by atomic mass is 35.5. The summed E-state index contributed by atoms with van der Waals surface area (Å²) in [6.45, 7) is 0.398. The standard InChI is InChI=1S/C23H21ClN2O2/c24-21-11-6-9-19(15-21)17-28-22-12-5-4-10-20(22)16-25-26-23(27)14-13-18-7-2-1-3-8-18/h1-12,15-16H,13-14,17H2,(H,26,27)/b25-16-. The number of hydrazone groups is 1. The van der Waals surface area contributed by atoms with Crippen LogP contribution in [0, 0.1) is 0 Å². The lowest BCUT2D eigenvalue weighted by atomic mass is 10.1. The maximum atomic E-state index is 12.0. The molecule has 3 aromatic rings. The highest BCUT2D eigenvalue weighted by Crippen LogP contribution is 2.18. The Hall–Kier alpha value is -3.11. The first-order chi connectivity index (χ1) is 13.7. The lowest BCUT2D eigenvalue weighted by molar-refractivity contribution is -0.121. The maximum absolute atomic E-state index is 12.0. The van der Waals surface area contributed by atoms with Gasteiger partial charge in [-0.3, -0.25) is 4.79 Å². The van der Waals surface area contributed by atoms with Crippen LogP contribution >= 0.6 is 11.6 Å². The molecule has 0 aromatic heterocycles. The normalized spacial score (nSPS) is 10.8. The van der Waals surface area contributed by atoms with E-state index in [0.29, 0.717) is 30.2 Å². The van der Waals surface area contributed by atoms with Gasteiger partial charge in [-0.2, -0.15) is 5.10 Å². The van der Waals surface area contributed by atoms with E-state index >= 15 is 0 Å². The summed E-state index contributed by atoms with van der Waals surface area (Å²) in [5.41, 5.74) is 5.46. The quantitative estimate of drug-likeness (QED) is 0.433. The van der Waals surface area contributed by atoms with Gasteiger partial charge in [-0.15, -0.1) is 0 Å². The molecule has 142 valence electrons. The van der Waals surface area contributed by atoms with Crippen LogP contribution < -0.4 is 10.2 Å². The molecule has 0 atom stereocenters. The second-order valence-electron chi connectivity index (χ2n) is 6.24. The molecule has 0 unspecified atom stereocenters. The van der Waals surface area contributed by atoms with Gasteiger partial charge in [-0.05, 0) is 41.8 Å². The molecule has 5 heteroatoms. The number of halogens is 1. The number of ether oxygens (including phenoxy) is 1. The largest absolute Gasteiger partial charge is 0.488 e. The van der Waals surface area contributed by atoms with Crippen LogP contribution in [0.25, 0.3) is 0 Å². The number of rotatable bonds is 8. The van der Waals surface area contributed by atoms with Crippen molar-refractivity contribution < 1.29 is 9.53 Å². The lowest BCUT2D eigenvalue weighted by Crippen LogP contribution is -2.17. The Morgan fingerprint density at radius 1 is 0.964 bits per heavy atom. The molecule has 28 heavy (non-hydrogen) atoms. The van der Waals surface area contributed by atoms with Crippen molar-refractivity contribution in [1.82, 2.24) is 5.43 Å². The maximum Gasteiger partial charge on any atom is 0.240 e. The van der Waals surface area contributed by atoms with E-state index in [9.17, 15) is 4.79 Å². The number of aryl methyl sites for hydroxylation is 1. The minimum absolute atomic E-state index is 0.127. The first-order valence-electron chi connectivity index (χ1n) is 9.03. The molecule has 0 spiro atoms. The molecule has 0 radical (unpaired) electrons. The molecular weight excluding hydrogens is 372 g/mol. The fraction of sp³-hybridized carbons (Fsp3) is 0.130. The van der Waals surface area contributed by atoms with Gasteiger partial charge in [0, 0.05) is 17.0 Å². The van der Waals surface area contributed by atoms with Crippen molar-refractivity contribution in [3.8, 4) is 5.75 Å². The van der Waals surface area contributed by atoms with Gasteiger partial charge in [0.1, 0.15) is 12.4 Å². The molecule has 0 saturated carbocycles. The number of hydrogen-bond acceptors (Lipinski definition) is 3. The third-order valence-electron chi connectivity index (χ3n) is 4.08. The predicted molar refractivity (Wildman–Crippen MR) is 113 cm³/mol. The third kappa shape index (κ3) is 6.25. The van der Waals surface area contributed by atoms with Gasteiger partial charge in [-0.1, -0.05) is 66.2 Å². The first-order valence-corrected chi connectivity index (χ1v) is 9.40. The van der Waals surface area contributed by atoms with E-state index in [-0.39, 0.29) is 5.91 Å². The SMILES string of the molecule is O=C(CCc1ccccc1)N/N=C\c1ccccc1OCc1cccc(Cl)c1. The number of para-hydroxylation sites is 1. The summed E-state index contributed by atoms with van der Waals surface area (Å²) in [5.74, 6) is 0.558. The van der Waals surface area contributed by atoms with Crippen LogP contribution in [0.1, 0.15) is 23.1 Å². The van der Waals surface area contributed by atoms with Gasteiger partial charge in [0.05, 0.1) is 6.21 Å². The van der Waals surface area contributed by atoms with E-state index in [4.69, 9.17) is 16.3 Å². The van der Waals surface area contributed by atoms with E-state index in [1.54, 1.807) is 6.21 Å². The number of nitrogens with zero attached hydrogens (tertiary/aromatic N) is 1. The summed E-state index contributed by atoms with van der Waals surface area (Å²) >= 11 is 6.00. The predicted octanol–water partition coefficient (Wildman–Crippen LogP) is 5.00. The lowest BCUT2D eigenvalue weighted by Gasteiger charge is -2.09. The molecule has 0 heterocycles. The van der Waals surface area contributed by atoms with Crippen molar-refractivity contribution in [2.75, 3.05) is 0 Å². The smallest absolute Gasteiger partial charge is 0.240 e. The van der Waals surface area contributed by atoms with Crippen LogP contribution in [0.2, 0.25) is 5.02 Å². The van der Waals surface area contributed by atoms with Gasteiger partial charge in [0.25, 0.3) is 0 Å². The Labute approximate surface area is 169 Å². The number of carbonyl (C=O) groups excluding carboxylic acids is 1. The van der Waals surface area contributed by atoms with Gasteiger partial charge >= 0.3 is 0 Å². The third-order valence-corrected chi connectivity index (χ3v) is 4.31. The van der Waals surface area contributed by atoms with E-state index in [1.165, 1.54) is 0 Å². The number of hydrogen-bond donors (Lipinski definition) is 1. The molecule has 3 rings (SSSR count). The average Bonchev–Trinajstić information content (AvgIpc) is 2.72. The molecule has 0 aliphatic carbocycles. The monoisotopic (exact) mass is 392 g/mol. The van der Waals surface area contributed by atoms with Crippen LogP contribution in [-0.4, -0.2) is 12.1 Å². The van der Waals surface area contributed by atoms with Gasteiger partial charge in [-0.25, -0.2) is 5.43 Å². The van der Waals surface area contributed by atoms with Crippen LogP contribution in [-0.2, 0) is 17.8 Å². The molecule has 1 amide bonds. The summed E-state index contributed by atoms with van der Waals surface area (Å²) in [5, 5.41) is 4.73. The van der Waals surface area contributed by atoms with Crippen molar-refractivity contribution in [3.05, 3.63) is 101 Å². The Morgan fingerprint density at radius 2 is 1.71 bits per heavy atom. The summed E-state index contributed by atoms with van der Waals surface area (Å²) in [7, 11) is 0. The number of amides is 1. The molecule has 1 N–H and O–H groups in total.